The number of sulfonamides is 1. The maximum Gasteiger partial charge on any atom is 0.243 e. The number of nitrogens with zero attached hydrogens (tertiary/aromatic N) is 1. The third kappa shape index (κ3) is 2.05. The van der Waals surface area contributed by atoms with Crippen molar-refractivity contribution in [1.29, 1.82) is 0 Å². The second-order valence-corrected chi connectivity index (χ2v) is 6.94. The Balaban J connectivity index is 2.19. The number of fused-ring (bicyclic) bond motifs is 1. The molecular formula is C15H17NO2S. The second kappa shape index (κ2) is 4.62. The smallest absolute Gasteiger partial charge is 0.207 e. The molecule has 1 aliphatic heterocycles. The fraction of sp³-hybridized carbons (Fsp3) is 0.333. The molecule has 1 fully saturated rings. The fourth-order valence-electron chi connectivity index (χ4n) is 2.81. The lowest BCUT2D eigenvalue weighted by Gasteiger charge is -2.21. The molecule has 0 N–H and O–H groups in total. The molecule has 4 heteroatoms. The molecule has 0 radical (unpaired) electrons. The largest absolute Gasteiger partial charge is 0.243 e. The van der Waals surface area contributed by atoms with Crippen LogP contribution in [0.3, 0.4) is 0 Å². The van der Waals surface area contributed by atoms with Crippen LogP contribution in [0.15, 0.2) is 47.4 Å². The first-order chi connectivity index (χ1) is 9.10. The van der Waals surface area contributed by atoms with Crippen LogP contribution >= 0.6 is 0 Å². The van der Waals surface area contributed by atoms with Crippen molar-refractivity contribution in [2.45, 2.75) is 30.7 Å². The number of rotatable bonds is 2. The number of hydrogen-bond acceptors (Lipinski definition) is 2. The van der Waals surface area contributed by atoms with Gasteiger partial charge in [-0.05, 0) is 31.2 Å². The minimum absolute atomic E-state index is 0.101. The Kier molecular flexibility index (Phi) is 3.07. The van der Waals surface area contributed by atoms with E-state index in [4.69, 9.17) is 0 Å². The Morgan fingerprint density at radius 1 is 1.11 bits per heavy atom. The highest BCUT2D eigenvalue weighted by Crippen LogP contribution is 2.30. The Hall–Kier alpha value is -1.39. The molecular weight excluding hydrogens is 258 g/mol. The molecule has 19 heavy (non-hydrogen) atoms. The van der Waals surface area contributed by atoms with E-state index in [-0.39, 0.29) is 6.04 Å². The Morgan fingerprint density at radius 3 is 2.58 bits per heavy atom. The van der Waals surface area contributed by atoms with Gasteiger partial charge in [0, 0.05) is 18.0 Å². The number of benzene rings is 2. The van der Waals surface area contributed by atoms with Gasteiger partial charge in [-0.15, -0.1) is 0 Å². The van der Waals surface area contributed by atoms with E-state index in [1.54, 1.807) is 10.4 Å². The third-order valence-electron chi connectivity index (χ3n) is 3.83. The van der Waals surface area contributed by atoms with Crippen LogP contribution in [0.5, 0.6) is 0 Å². The zero-order chi connectivity index (χ0) is 13.5. The Bertz CT molecular complexity index is 704. The summed E-state index contributed by atoms with van der Waals surface area (Å²) in [6.45, 7) is 2.61. The molecule has 2 aromatic carbocycles. The predicted octanol–water partition coefficient (Wildman–Crippen LogP) is 3.01. The molecule has 1 heterocycles. The maximum absolute atomic E-state index is 12.8. The van der Waals surface area contributed by atoms with E-state index in [9.17, 15) is 8.42 Å². The second-order valence-electron chi connectivity index (χ2n) is 5.08. The molecule has 0 amide bonds. The van der Waals surface area contributed by atoms with Crippen LogP contribution in [-0.4, -0.2) is 25.3 Å². The van der Waals surface area contributed by atoms with Crippen LogP contribution in [0.1, 0.15) is 19.8 Å². The quantitative estimate of drug-likeness (QED) is 0.845. The van der Waals surface area contributed by atoms with Crippen LogP contribution in [0, 0.1) is 0 Å². The lowest BCUT2D eigenvalue weighted by atomic mass is 10.1. The highest BCUT2D eigenvalue weighted by atomic mass is 32.2. The third-order valence-corrected chi connectivity index (χ3v) is 5.90. The summed E-state index contributed by atoms with van der Waals surface area (Å²) in [6, 6.07) is 13.2. The molecule has 0 spiro atoms. The molecule has 0 saturated carbocycles. The SMILES string of the molecule is CC1CCCN1S(=O)(=O)c1cccc2ccccc12. The summed E-state index contributed by atoms with van der Waals surface area (Å²) in [5.41, 5.74) is 0. The topological polar surface area (TPSA) is 37.4 Å². The molecule has 1 saturated heterocycles. The minimum atomic E-state index is -3.38. The molecule has 2 aromatic rings. The standard InChI is InChI=1S/C15H17NO2S/c1-12-6-5-11-16(12)19(17,18)15-10-4-8-13-7-2-3-9-14(13)15/h2-4,7-10,12H,5-6,11H2,1H3. The summed E-state index contributed by atoms with van der Waals surface area (Å²) in [7, 11) is -3.38. The molecule has 0 aromatic heterocycles. The van der Waals surface area contributed by atoms with E-state index < -0.39 is 10.0 Å². The van der Waals surface area contributed by atoms with Gasteiger partial charge < -0.3 is 0 Å². The zero-order valence-electron chi connectivity index (χ0n) is 10.9. The monoisotopic (exact) mass is 275 g/mol. The van der Waals surface area contributed by atoms with E-state index in [0.29, 0.717) is 11.4 Å². The summed E-state index contributed by atoms with van der Waals surface area (Å²) >= 11 is 0. The van der Waals surface area contributed by atoms with Crippen molar-refractivity contribution < 1.29 is 8.42 Å². The van der Waals surface area contributed by atoms with Crippen molar-refractivity contribution in [2.75, 3.05) is 6.54 Å². The van der Waals surface area contributed by atoms with E-state index >= 15 is 0 Å². The van der Waals surface area contributed by atoms with Crippen molar-refractivity contribution >= 4 is 20.8 Å². The average molecular weight is 275 g/mol. The summed E-state index contributed by atoms with van der Waals surface area (Å²) in [4.78, 5) is 0.430. The lowest BCUT2D eigenvalue weighted by Crippen LogP contribution is -2.33. The van der Waals surface area contributed by atoms with E-state index in [2.05, 4.69) is 0 Å². The van der Waals surface area contributed by atoms with E-state index in [1.807, 2.05) is 43.3 Å². The minimum Gasteiger partial charge on any atom is -0.207 e. The Morgan fingerprint density at radius 2 is 1.84 bits per heavy atom. The molecule has 0 bridgehead atoms. The van der Waals surface area contributed by atoms with E-state index in [0.717, 1.165) is 23.6 Å². The molecule has 3 nitrogen and oxygen atoms in total. The zero-order valence-corrected chi connectivity index (χ0v) is 11.7. The first-order valence-electron chi connectivity index (χ1n) is 6.60. The summed E-state index contributed by atoms with van der Waals surface area (Å²) < 4.78 is 27.2. The molecule has 1 unspecified atom stereocenters. The Labute approximate surface area is 113 Å². The van der Waals surface area contributed by atoms with Crippen LogP contribution in [0.25, 0.3) is 10.8 Å². The van der Waals surface area contributed by atoms with Gasteiger partial charge in [0.05, 0.1) is 4.90 Å². The van der Waals surface area contributed by atoms with Gasteiger partial charge in [0.2, 0.25) is 10.0 Å². The van der Waals surface area contributed by atoms with Gasteiger partial charge in [-0.25, -0.2) is 8.42 Å². The van der Waals surface area contributed by atoms with Gasteiger partial charge in [-0.1, -0.05) is 36.4 Å². The summed E-state index contributed by atoms with van der Waals surface area (Å²) in [6.07, 6.45) is 1.90. The highest BCUT2D eigenvalue weighted by Gasteiger charge is 2.33. The predicted molar refractivity (Wildman–Crippen MR) is 76.5 cm³/mol. The van der Waals surface area contributed by atoms with Gasteiger partial charge in [0.1, 0.15) is 0 Å². The van der Waals surface area contributed by atoms with Crippen molar-refractivity contribution in [3.8, 4) is 0 Å². The highest BCUT2D eigenvalue weighted by molar-refractivity contribution is 7.89. The van der Waals surface area contributed by atoms with Crippen LogP contribution in [0.4, 0.5) is 0 Å². The van der Waals surface area contributed by atoms with Crippen molar-refractivity contribution in [3.05, 3.63) is 42.5 Å². The molecule has 100 valence electrons. The molecule has 1 atom stereocenters. The van der Waals surface area contributed by atoms with Crippen molar-refractivity contribution in [2.24, 2.45) is 0 Å². The van der Waals surface area contributed by atoms with Gasteiger partial charge in [-0.3, -0.25) is 0 Å². The van der Waals surface area contributed by atoms with Crippen LogP contribution in [-0.2, 0) is 10.0 Å². The van der Waals surface area contributed by atoms with Crippen LogP contribution < -0.4 is 0 Å². The first kappa shape index (κ1) is 12.6. The molecule has 3 rings (SSSR count). The first-order valence-corrected chi connectivity index (χ1v) is 8.04. The number of hydrogen-bond donors (Lipinski definition) is 0. The van der Waals surface area contributed by atoms with Crippen LogP contribution in [0.2, 0.25) is 0 Å². The normalized spacial score (nSPS) is 21.0. The summed E-state index contributed by atoms with van der Waals surface area (Å²) in [5.74, 6) is 0. The molecule has 0 aliphatic carbocycles. The summed E-state index contributed by atoms with van der Waals surface area (Å²) in [5, 5.41) is 1.78. The van der Waals surface area contributed by atoms with Gasteiger partial charge in [0.25, 0.3) is 0 Å². The molecule has 1 aliphatic rings. The van der Waals surface area contributed by atoms with Crippen molar-refractivity contribution in [1.82, 2.24) is 4.31 Å². The van der Waals surface area contributed by atoms with Crippen molar-refractivity contribution in [3.63, 3.8) is 0 Å². The van der Waals surface area contributed by atoms with Gasteiger partial charge in [0.15, 0.2) is 0 Å². The average Bonchev–Trinajstić information content (AvgIpc) is 2.85. The van der Waals surface area contributed by atoms with Gasteiger partial charge >= 0.3 is 0 Å². The lowest BCUT2D eigenvalue weighted by molar-refractivity contribution is 0.409. The maximum atomic E-state index is 12.8. The van der Waals surface area contributed by atoms with E-state index in [1.165, 1.54) is 0 Å². The fourth-order valence-corrected chi connectivity index (χ4v) is 4.73. The van der Waals surface area contributed by atoms with Gasteiger partial charge in [-0.2, -0.15) is 4.31 Å².